The van der Waals surface area contributed by atoms with Gasteiger partial charge in [0.05, 0.1) is 0 Å². The molecule has 3 saturated carbocycles. The predicted molar refractivity (Wildman–Crippen MR) is 85.5 cm³/mol. The van der Waals surface area contributed by atoms with Gasteiger partial charge in [0.25, 0.3) is 0 Å². The second-order valence-electron chi connectivity index (χ2n) is 9.51. The molecule has 4 aliphatic carbocycles. The van der Waals surface area contributed by atoms with Gasteiger partial charge < -0.3 is 0 Å². The molecule has 3 fully saturated rings. The zero-order valence-electron chi connectivity index (χ0n) is 14.0. The number of hydrogen-bond donors (Lipinski definition) is 0. The molecule has 0 heterocycles. The molecular formula is C20H32. The van der Waals surface area contributed by atoms with Crippen molar-refractivity contribution in [1.29, 1.82) is 0 Å². The Kier molecular flexibility index (Phi) is 2.63. The van der Waals surface area contributed by atoms with Crippen LogP contribution < -0.4 is 0 Å². The van der Waals surface area contributed by atoms with Crippen molar-refractivity contribution in [1.82, 2.24) is 0 Å². The van der Waals surface area contributed by atoms with Crippen molar-refractivity contribution in [3.63, 3.8) is 0 Å². The fraction of sp³-hybridized carbons (Fsp3) is 0.900. The largest absolute Gasteiger partial charge is 0.0847 e. The van der Waals surface area contributed by atoms with E-state index in [4.69, 9.17) is 0 Å². The minimum atomic E-state index is 0.591. The molecule has 0 aromatic heterocycles. The van der Waals surface area contributed by atoms with E-state index < -0.39 is 0 Å². The Morgan fingerprint density at radius 3 is 2.55 bits per heavy atom. The first kappa shape index (κ1) is 13.4. The van der Waals surface area contributed by atoms with E-state index in [9.17, 15) is 0 Å². The summed E-state index contributed by atoms with van der Waals surface area (Å²) in [6.07, 6.45) is 14.5. The van der Waals surface area contributed by atoms with Crippen LogP contribution in [0.1, 0.15) is 79.1 Å². The molecule has 0 heteroatoms. The monoisotopic (exact) mass is 272 g/mol. The summed E-state index contributed by atoms with van der Waals surface area (Å²) in [4.78, 5) is 0. The molecule has 112 valence electrons. The van der Waals surface area contributed by atoms with E-state index in [0.29, 0.717) is 16.2 Å². The first-order valence-corrected chi connectivity index (χ1v) is 9.07. The fourth-order valence-corrected chi connectivity index (χ4v) is 7.76. The van der Waals surface area contributed by atoms with Crippen molar-refractivity contribution < 1.29 is 0 Å². The van der Waals surface area contributed by atoms with E-state index in [-0.39, 0.29) is 0 Å². The molecule has 0 aromatic carbocycles. The molecule has 0 unspecified atom stereocenters. The molecule has 4 rings (SSSR count). The Bertz CT molecular complexity index is 457. The predicted octanol–water partition coefficient (Wildman–Crippen LogP) is 5.98. The molecule has 0 amide bonds. The van der Waals surface area contributed by atoms with Crippen molar-refractivity contribution in [2.45, 2.75) is 79.1 Å². The van der Waals surface area contributed by atoms with Gasteiger partial charge in [0.2, 0.25) is 0 Å². The molecule has 0 aromatic rings. The standard InChI is InChI=1S/C20H32/c1-14-8-12-20-13-9-16-18(2,3)10-5-11-19(16,4)17(20)7-6-15(14)20/h8,15-17H,5-7,9-13H2,1-4H3/t15-,16-,17+,19-,20-/m0/s1. The lowest BCUT2D eigenvalue weighted by atomic mass is 9.43. The summed E-state index contributed by atoms with van der Waals surface area (Å²) in [5.41, 5.74) is 3.67. The smallest absolute Gasteiger partial charge is 0.0143 e. The highest BCUT2D eigenvalue weighted by Crippen LogP contribution is 2.72. The average Bonchev–Trinajstić information content (AvgIpc) is 2.88. The summed E-state index contributed by atoms with van der Waals surface area (Å²) in [7, 11) is 0. The Hall–Kier alpha value is -0.260. The molecule has 4 aliphatic rings. The van der Waals surface area contributed by atoms with Crippen molar-refractivity contribution >= 4 is 0 Å². The first-order chi connectivity index (χ1) is 9.40. The van der Waals surface area contributed by atoms with E-state index in [1.165, 1.54) is 51.4 Å². The fourth-order valence-electron chi connectivity index (χ4n) is 7.76. The minimum absolute atomic E-state index is 0.591. The maximum atomic E-state index is 2.69. The van der Waals surface area contributed by atoms with Gasteiger partial charge in [-0.25, -0.2) is 0 Å². The van der Waals surface area contributed by atoms with Crippen molar-refractivity contribution in [3.8, 4) is 0 Å². The normalized spacial score (nSPS) is 53.0. The van der Waals surface area contributed by atoms with E-state index in [1.807, 2.05) is 0 Å². The summed E-state index contributed by atoms with van der Waals surface area (Å²) >= 11 is 0. The van der Waals surface area contributed by atoms with Crippen LogP contribution >= 0.6 is 0 Å². The lowest BCUT2D eigenvalue weighted by Crippen LogP contribution is -2.54. The molecular weight excluding hydrogens is 240 g/mol. The molecule has 0 bridgehead atoms. The van der Waals surface area contributed by atoms with Crippen molar-refractivity contribution in [3.05, 3.63) is 11.6 Å². The zero-order valence-corrected chi connectivity index (χ0v) is 14.0. The van der Waals surface area contributed by atoms with Gasteiger partial charge in [0.1, 0.15) is 0 Å². The van der Waals surface area contributed by atoms with Crippen LogP contribution in [0.2, 0.25) is 0 Å². The van der Waals surface area contributed by atoms with E-state index >= 15 is 0 Å². The highest BCUT2D eigenvalue weighted by atomic mass is 14.7. The first-order valence-electron chi connectivity index (χ1n) is 9.07. The lowest BCUT2D eigenvalue weighted by molar-refractivity contribution is -0.125. The Morgan fingerprint density at radius 1 is 0.950 bits per heavy atom. The Balaban J connectivity index is 1.74. The van der Waals surface area contributed by atoms with Crippen LogP contribution in [0.4, 0.5) is 0 Å². The van der Waals surface area contributed by atoms with Crippen LogP contribution in [0.25, 0.3) is 0 Å². The van der Waals surface area contributed by atoms with Crippen LogP contribution in [0, 0.1) is 34.0 Å². The third kappa shape index (κ3) is 1.44. The highest BCUT2D eigenvalue weighted by Gasteiger charge is 2.64. The quantitative estimate of drug-likeness (QED) is 0.476. The molecule has 0 nitrogen and oxygen atoms in total. The van der Waals surface area contributed by atoms with Crippen LogP contribution in [-0.4, -0.2) is 0 Å². The Labute approximate surface area is 125 Å². The van der Waals surface area contributed by atoms with E-state index in [1.54, 1.807) is 5.57 Å². The molecule has 5 atom stereocenters. The summed E-state index contributed by atoms with van der Waals surface area (Å²) in [6.45, 7) is 10.2. The maximum Gasteiger partial charge on any atom is -0.0143 e. The summed E-state index contributed by atoms with van der Waals surface area (Å²) in [5, 5.41) is 0. The molecule has 0 N–H and O–H groups in total. The average molecular weight is 272 g/mol. The summed E-state index contributed by atoms with van der Waals surface area (Å²) in [6, 6.07) is 0. The number of fused-ring (bicyclic) bond motifs is 2. The van der Waals surface area contributed by atoms with Gasteiger partial charge in [0, 0.05) is 0 Å². The summed E-state index contributed by atoms with van der Waals surface area (Å²) < 4.78 is 0. The van der Waals surface area contributed by atoms with Gasteiger partial charge in [0.15, 0.2) is 0 Å². The Morgan fingerprint density at radius 2 is 1.75 bits per heavy atom. The van der Waals surface area contributed by atoms with Gasteiger partial charge in [-0.15, -0.1) is 0 Å². The topological polar surface area (TPSA) is 0 Å². The third-order valence-corrected chi connectivity index (χ3v) is 8.46. The highest BCUT2D eigenvalue weighted by molar-refractivity contribution is 5.26. The van der Waals surface area contributed by atoms with Gasteiger partial charge in [-0.05, 0) is 85.9 Å². The van der Waals surface area contributed by atoms with Crippen LogP contribution in [0.15, 0.2) is 11.6 Å². The third-order valence-electron chi connectivity index (χ3n) is 8.46. The van der Waals surface area contributed by atoms with Crippen molar-refractivity contribution in [2.75, 3.05) is 0 Å². The molecule has 0 saturated heterocycles. The van der Waals surface area contributed by atoms with Gasteiger partial charge in [-0.1, -0.05) is 38.8 Å². The van der Waals surface area contributed by atoms with Crippen molar-refractivity contribution in [2.24, 2.45) is 34.0 Å². The molecule has 0 aliphatic heterocycles. The van der Waals surface area contributed by atoms with Crippen LogP contribution in [-0.2, 0) is 0 Å². The maximum absolute atomic E-state index is 2.69. The van der Waals surface area contributed by atoms with Gasteiger partial charge in [-0.2, -0.15) is 0 Å². The number of rotatable bonds is 0. The van der Waals surface area contributed by atoms with Crippen LogP contribution in [0.5, 0.6) is 0 Å². The minimum Gasteiger partial charge on any atom is -0.0847 e. The summed E-state index contributed by atoms with van der Waals surface area (Å²) in [5.74, 6) is 2.96. The number of hydrogen-bond acceptors (Lipinski definition) is 0. The SMILES string of the molecule is CC1=CC[C@@]23CC[C@H]4C(C)(C)CCC[C@]4(C)[C@H]2CC[C@@H]13. The van der Waals surface area contributed by atoms with E-state index in [2.05, 4.69) is 33.8 Å². The molecule has 1 spiro atoms. The van der Waals surface area contributed by atoms with E-state index in [0.717, 1.165) is 17.8 Å². The zero-order chi connectivity index (χ0) is 14.2. The lowest BCUT2D eigenvalue weighted by Gasteiger charge is -2.62. The van der Waals surface area contributed by atoms with Gasteiger partial charge >= 0.3 is 0 Å². The molecule has 0 radical (unpaired) electrons. The van der Waals surface area contributed by atoms with Crippen LogP contribution in [0.3, 0.4) is 0 Å². The van der Waals surface area contributed by atoms with Gasteiger partial charge in [-0.3, -0.25) is 0 Å². The molecule has 20 heavy (non-hydrogen) atoms. The second kappa shape index (κ2) is 3.93. The number of allylic oxidation sites excluding steroid dienone is 2. The second-order valence-corrected chi connectivity index (χ2v) is 9.51.